The van der Waals surface area contributed by atoms with E-state index in [0.29, 0.717) is 25.7 Å². The first kappa shape index (κ1) is 99.5. The van der Waals surface area contributed by atoms with E-state index in [1.54, 1.807) is 0 Å². The SMILES string of the molecule is CC/C=C\C/C=C\C/C=C\C/C=C\CCCCCCC(=O)OCC(COP(=O)(O)OCC(O)COP(=O)(O)OCC(COC(=O)CCCCCCCCC/C=C\C/C=C\C/C=C\CC)OC(=O)CCCCCCC/C=C\C/C=C\C/C=C\CC)OC(=O)CCCCCCCCCCCCCCCCC. The molecular weight excluding hydrogens is 1350 g/mol. The van der Waals surface area contributed by atoms with Crippen LogP contribution in [0.1, 0.15) is 336 Å². The van der Waals surface area contributed by atoms with Crippen LogP contribution in [0.5, 0.6) is 0 Å². The van der Waals surface area contributed by atoms with Crippen molar-refractivity contribution in [2.45, 2.75) is 354 Å². The fourth-order valence-electron chi connectivity index (χ4n) is 10.8. The van der Waals surface area contributed by atoms with E-state index < -0.39 is 97.5 Å². The van der Waals surface area contributed by atoms with Crippen molar-refractivity contribution in [2.75, 3.05) is 39.6 Å². The second-order valence-electron chi connectivity index (χ2n) is 26.9. The standard InChI is InChI=1S/C85H146O17P2/c1-5-9-13-17-21-25-29-33-37-39-43-45-49-53-57-61-65-69-82(87)95-75-80(101-84(89)71-67-63-59-55-51-47-41-35-31-27-23-19-15-11-7-3)77-99-103(91,92)97-73-79(86)74-98-104(93,94)100-78-81(102-85(90)72-68-64-60-56-52-48-42-36-32-28-24-20-16-12-8-4)76-96-83(88)70-66-62-58-54-50-46-44-40-38-34-30-26-22-18-14-10-6-2/h9-11,13-15,21-23,25-27,33-35,37-38,41,44,46,79-81,86H,5-8,12,16-20,24,28-32,36,39-40,42-43,45,47-78H2,1-4H3,(H,91,92)(H,93,94)/b13-9-,14-10-,15-11-,25-21-,26-22-,27-23-,37-33-,38-34-,41-35-,46-44-. The van der Waals surface area contributed by atoms with Gasteiger partial charge in [0.15, 0.2) is 12.2 Å². The van der Waals surface area contributed by atoms with Crippen LogP contribution in [0.4, 0.5) is 0 Å². The van der Waals surface area contributed by atoms with Crippen molar-refractivity contribution >= 4 is 39.5 Å². The Labute approximate surface area is 632 Å². The molecule has 0 fully saturated rings. The first-order valence-corrected chi connectivity index (χ1v) is 43.8. The summed E-state index contributed by atoms with van der Waals surface area (Å²) in [4.78, 5) is 73.1. The van der Waals surface area contributed by atoms with Crippen LogP contribution in [0.3, 0.4) is 0 Å². The molecular formula is C85H146O17P2. The van der Waals surface area contributed by atoms with Gasteiger partial charge < -0.3 is 33.8 Å². The van der Waals surface area contributed by atoms with Crippen molar-refractivity contribution in [1.82, 2.24) is 0 Å². The van der Waals surface area contributed by atoms with Gasteiger partial charge >= 0.3 is 39.5 Å². The van der Waals surface area contributed by atoms with E-state index in [1.807, 2.05) is 0 Å². The lowest BCUT2D eigenvalue weighted by Gasteiger charge is -2.21. The highest BCUT2D eigenvalue weighted by Gasteiger charge is 2.30. The number of allylic oxidation sites excluding steroid dienone is 20. The van der Waals surface area contributed by atoms with E-state index in [-0.39, 0.29) is 25.7 Å². The third-order valence-electron chi connectivity index (χ3n) is 16.9. The third kappa shape index (κ3) is 75.7. The number of phosphoric acid groups is 2. The Morgan fingerprint density at radius 1 is 0.279 bits per heavy atom. The number of esters is 4. The molecule has 0 spiro atoms. The highest BCUT2D eigenvalue weighted by Crippen LogP contribution is 2.45. The second kappa shape index (κ2) is 76.6. The summed E-state index contributed by atoms with van der Waals surface area (Å²) in [6.45, 7) is 4.53. The summed E-state index contributed by atoms with van der Waals surface area (Å²) in [6, 6.07) is 0. The van der Waals surface area contributed by atoms with Crippen molar-refractivity contribution in [3.05, 3.63) is 122 Å². The van der Waals surface area contributed by atoms with Crippen molar-refractivity contribution in [3.63, 3.8) is 0 Å². The molecule has 0 aliphatic heterocycles. The first-order chi connectivity index (χ1) is 50.7. The van der Waals surface area contributed by atoms with Gasteiger partial charge in [0.25, 0.3) is 0 Å². The minimum absolute atomic E-state index is 0.0713. The number of carbonyl (C=O) groups is 4. The molecule has 5 atom stereocenters. The molecule has 0 aromatic carbocycles. The number of carbonyl (C=O) groups excluding carboxylic acids is 4. The fraction of sp³-hybridized carbons (Fsp3) is 0.718. The molecule has 104 heavy (non-hydrogen) atoms. The Morgan fingerprint density at radius 3 is 0.769 bits per heavy atom. The Hall–Kier alpha value is -4.54. The van der Waals surface area contributed by atoms with Gasteiger partial charge in [-0.2, -0.15) is 0 Å². The molecule has 0 aromatic heterocycles. The summed E-state index contributed by atoms with van der Waals surface area (Å²) >= 11 is 0. The topological polar surface area (TPSA) is 237 Å². The molecule has 0 aliphatic rings. The Morgan fingerprint density at radius 2 is 0.500 bits per heavy atom. The van der Waals surface area contributed by atoms with Crippen molar-refractivity contribution in [3.8, 4) is 0 Å². The molecule has 0 amide bonds. The highest BCUT2D eigenvalue weighted by molar-refractivity contribution is 7.47. The summed E-state index contributed by atoms with van der Waals surface area (Å²) < 4.78 is 68.7. The van der Waals surface area contributed by atoms with E-state index in [9.17, 15) is 43.2 Å². The molecule has 5 unspecified atom stereocenters. The number of unbranched alkanes of at least 4 members (excludes halogenated alkanes) is 30. The quantitative estimate of drug-likeness (QED) is 0.0169. The summed E-state index contributed by atoms with van der Waals surface area (Å²) in [5.41, 5.74) is 0. The molecule has 0 heterocycles. The van der Waals surface area contributed by atoms with Crippen molar-refractivity contribution in [1.29, 1.82) is 0 Å². The Kier molecular flexibility index (Phi) is 73.3. The molecule has 0 rings (SSSR count). The van der Waals surface area contributed by atoms with Gasteiger partial charge in [0.05, 0.1) is 26.4 Å². The zero-order valence-corrected chi connectivity index (χ0v) is 67.2. The zero-order chi connectivity index (χ0) is 76.0. The maximum atomic E-state index is 13.1. The lowest BCUT2D eigenvalue weighted by atomic mass is 10.0. The van der Waals surface area contributed by atoms with Crippen molar-refractivity contribution < 1.29 is 80.2 Å². The summed E-state index contributed by atoms with van der Waals surface area (Å²) in [7, 11) is -9.97. The highest BCUT2D eigenvalue weighted by atomic mass is 31.2. The molecule has 0 saturated carbocycles. The molecule has 17 nitrogen and oxygen atoms in total. The monoisotopic (exact) mass is 1500 g/mol. The van der Waals surface area contributed by atoms with Crippen LogP contribution in [0, 0.1) is 0 Å². The molecule has 0 radical (unpaired) electrons. The molecule has 598 valence electrons. The number of aliphatic hydroxyl groups excluding tert-OH is 1. The first-order valence-electron chi connectivity index (χ1n) is 40.8. The van der Waals surface area contributed by atoms with E-state index in [4.69, 9.17) is 37.0 Å². The van der Waals surface area contributed by atoms with Crippen LogP contribution in [0.25, 0.3) is 0 Å². The average molecular weight is 1500 g/mol. The lowest BCUT2D eigenvalue weighted by molar-refractivity contribution is -0.161. The maximum absolute atomic E-state index is 13.1. The van der Waals surface area contributed by atoms with E-state index >= 15 is 0 Å². The van der Waals surface area contributed by atoms with E-state index in [2.05, 4.69) is 149 Å². The lowest BCUT2D eigenvalue weighted by Crippen LogP contribution is -2.30. The minimum Gasteiger partial charge on any atom is -0.462 e. The van der Waals surface area contributed by atoms with Crippen LogP contribution in [0.2, 0.25) is 0 Å². The molecule has 3 N–H and O–H groups in total. The van der Waals surface area contributed by atoms with Gasteiger partial charge in [-0.05, 0) is 128 Å². The third-order valence-corrected chi connectivity index (χ3v) is 18.8. The predicted octanol–water partition coefficient (Wildman–Crippen LogP) is 23.9. The summed E-state index contributed by atoms with van der Waals surface area (Å²) in [6.07, 6.45) is 84.5. The molecule has 0 aromatic rings. The van der Waals surface area contributed by atoms with Crippen LogP contribution in [0.15, 0.2) is 122 Å². The summed E-state index contributed by atoms with van der Waals surface area (Å²) in [5.74, 6) is -2.22. The second-order valence-corrected chi connectivity index (χ2v) is 29.8. The number of hydrogen-bond acceptors (Lipinski definition) is 15. The van der Waals surface area contributed by atoms with Gasteiger partial charge in [-0.15, -0.1) is 0 Å². The molecule has 0 saturated heterocycles. The van der Waals surface area contributed by atoms with Gasteiger partial charge in [-0.3, -0.25) is 37.3 Å². The molecule has 19 heteroatoms. The number of aliphatic hydroxyl groups is 1. The fourth-order valence-corrected chi connectivity index (χ4v) is 12.4. The average Bonchev–Trinajstić information content (AvgIpc) is 0.937. The maximum Gasteiger partial charge on any atom is 0.472 e. The van der Waals surface area contributed by atoms with Gasteiger partial charge in [0.2, 0.25) is 0 Å². The van der Waals surface area contributed by atoms with Crippen LogP contribution in [-0.4, -0.2) is 96.7 Å². The van der Waals surface area contributed by atoms with Gasteiger partial charge in [-0.25, -0.2) is 9.13 Å². The summed E-state index contributed by atoms with van der Waals surface area (Å²) in [5, 5.41) is 10.7. The normalized spacial score (nSPS) is 14.5. The van der Waals surface area contributed by atoms with Crippen LogP contribution < -0.4 is 0 Å². The largest absolute Gasteiger partial charge is 0.472 e. The number of ether oxygens (including phenoxy) is 4. The Balaban J connectivity index is 5.39. The molecule has 0 bridgehead atoms. The van der Waals surface area contributed by atoms with Crippen molar-refractivity contribution in [2.24, 2.45) is 0 Å². The molecule has 0 aliphatic carbocycles. The van der Waals surface area contributed by atoms with Gasteiger partial charge in [0, 0.05) is 25.7 Å². The van der Waals surface area contributed by atoms with E-state index in [0.717, 1.165) is 193 Å². The number of phosphoric ester groups is 2. The minimum atomic E-state index is -4.99. The van der Waals surface area contributed by atoms with Crippen LogP contribution >= 0.6 is 15.6 Å². The Bertz CT molecular complexity index is 2440. The predicted molar refractivity (Wildman–Crippen MR) is 427 cm³/mol. The van der Waals surface area contributed by atoms with Gasteiger partial charge in [0.1, 0.15) is 19.3 Å². The number of hydrogen-bond donors (Lipinski definition) is 3. The zero-order valence-electron chi connectivity index (χ0n) is 65.4. The number of rotatable bonds is 76. The van der Waals surface area contributed by atoms with E-state index in [1.165, 1.54) is 64.2 Å². The van der Waals surface area contributed by atoms with Gasteiger partial charge in [-0.1, -0.05) is 303 Å². The smallest absolute Gasteiger partial charge is 0.462 e. The van der Waals surface area contributed by atoms with Crippen LogP contribution in [-0.2, 0) is 65.4 Å².